The molecule has 0 bridgehead atoms. The van der Waals surface area contributed by atoms with Crippen LogP contribution in [0.4, 0.5) is 5.95 Å². The second-order valence-corrected chi connectivity index (χ2v) is 10.6. The van der Waals surface area contributed by atoms with Gasteiger partial charge in [-0.2, -0.15) is 5.26 Å². The zero-order chi connectivity index (χ0) is 26.5. The van der Waals surface area contributed by atoms with Crippen LogP contribution in [0.3, 0.4) is 0 Å². The van der Waals surface area contributed by atoms with Gasteiger partial charge < -0.3 is 9.47 Å². The van der Waals surface area contributed by atoms with Crippen molar-refractivity contribution < 1.29 is 9.59 Å². The number of carbonyl (C=O) groups is 2. The number of fused-ring (bicyclic) bond motifs is 1. The van der Waals surface area contributed by atoms with Crippen molar-refractivity contribution in [2.75, 3.05) is 25.5 Å². The second kappa shape index (κ2) is 11.8. The topological polar surface area (TPSA) is 94.3 Å². The fourth-order valence-corrected chi connectivity index (χ4v) is 5.76. The first-order valence-corrected chi connectivity index (χ1v) is 13.8. The van der Waals surface area contributed by atoms with Gasteiger partial charge >= 0.3 is 0 Å². The van der Waals surface area contributed by atoms with E-state index in [0.717, 1.165) is 37.0 Å². The van der Waals surface area contributed by atoms with E-state index in [1.807, 2.05) is 9.47 Å². The van der Waals surface area contributed by atoms with Gasteiger partial charge in [0, 0.05) is 44.2 Å². The Morgan fingerprint density at radius 2 is 1.89 bits per heavy atom. The molecule has 3 aromatic rings. The fourth-order valence-electron chi connectivity index (χ4n) is 5.76. The summed E-state index contributed by atoms with van der Waals surface area (Å²) in [5.41, 5.74) is 4.02. The molecular formula is C30H36N6O2. The lowest BCUT2D eigenvalue weighted by atomic mass is 9.94. The van der Waals surface area contributed by atoms with Gasteiger partial charge in [-0.25, -0.2) is 4.98 Å². The van der Waals surface area contributed by atoms with Crippen molar-refractivity contribution in [2.45, 2.75) is 70.5 Å². The van der Waals surface area contributed by atoms with Gasteiger partial charge in [-0.15, -0.1) is 0 Å². The second-order valence-electron chi connectivity index (χ2n) is 10.6. The number of nitriles is 1. The third-order valence-electron chi connectivity index (χ3n) is 7.93. The van der Waals surface area contributed by atoms with Crippen molar-refractivity contribution in [3.63, 3.8) is 0 Å². The molecule has 1 aliphatic heterocycles. The number of nitrogens with zero attached hydrogens (tertiary/aromatic N) is 5. The SMILES string of the molecule is CN(Cc1ccc2c(c1)nc(NC(=O)c1ccc(C#N)cc1)n2CCCN1CCCC1=O)C1CCCCC1. The van der Waals surface area contributed by atoms with E-state index < -0.39 is 0 Å². The number of likely N-dealkylation sites (tertiary alicyclic amines) is 1. The quantitative estimate of drug-likeness (QED) is 0.438. The Kier molecular flexibility index (Phi) is 8.04. The zero-order valence-electron chi connectivity index (χ0n) is 22.2. The molecular weight excluding hydrogens is 476 g/mol. The molecule has 8 heteroatoms. The van der Waals surface area contributed by atoms with E-state index in [-0.39, 0.29) is 11.8 Å². The molecule has 1 N–H and O–H groups in total. The van der Waals surface area contributed by atoms with Gasteiger partial charge in [0.15, 0.2) is 0 Å². The highest BCUT2D eigenvalue weighted by molar-refractivity contribution is 6.04. The summed E-state index contributed by atoms with van der Waals surface area (Å²) < 4.78 is 2.05. The average molecular weight is 513 g/mol. The minimum Gasteiger partial charge on any atom is -0.343 e. The van der Waals surface area contributed by atoms with E-state index in [2.05, 4.69) is 41.5 Å². The maximum Gasteiger partial charge on any atom is 0.257 e. The molecule has 1 saturated heterocycles. The highest BCUT2D eigenvalue weighted by atomic mass is 16.2. The summed E-state index contributed by atoms with van der Waals surface area (Å²) in [4.78, 5) is 34.3. The Morgan fingerprint density at radius 3 is 2.61 bits per heavy atom. The van der Waals surface area contributed by atoms with Gasteiger partial charge in [-0.1, -0.05) is 25.3 Å². The predicted octanol–water partition coefficient (Wildman–Crippen LogP) is 4.94. The molecule has 1 saturated carbocycles. The number of imidazole rings is 1. The van der Waals surface area contributed by atoms with Crippen molar-refractivity contribution >= 4 is 28.8 Å². The number of anilines is 1. The molecule has 0 atom stereocenters. The van der Waals surface area contributed by atoms with E-state index in [9.17, 15) is 9.59 Å². The van der Waals surface area contributed by atoms with E-state index in [1.165, 1.54) is 37.7 Å². The van der Waals surface area contributed by atoms with Crippen molar-refractivity contribution in [3.8, 4) is 6.07 Å². The maximum absolute atomic E-state index is 13.0. The molecule has 198 valence electrons. The summed E-state index contributed by atoms with van der Waals surface area (Å²) in [6.07, 6.45) is 8.83. The van der Waals surface area contributed by atoms with Crippen LogP contribution in [-0.2, 0) is 17.9 Å². The molecule has 5 rings (SSSR count). The van der Waals surface area contributed by atoms with Crippen molar-refractivity contribution in [3.05, 3.63) is 59.2 Å². The van der Waals surface area contributed by atoms with Gasteiger partial charge in [0.05, 0.1) is 22.7 Å². The van der Waals surface area contributed by atoms with Crippen LogP contribution in [-0.4, -0.2) is 57.3 Å². The molecule has 2 aliphatic rings. The number of aromatic nitrogens is 2. The lowest BCUT2D eigenvalue weighted by Gasteiger charge is -2.31. The minimum atomic E-state index is -0.266. The van der Waals surface area contributed by atoms with E-state index >= 15 is 0 Å². The summed E-state index contributed by atoms with van der Waals surface area (Å²) in [5.74, 6) is 0.458. The molecule has 2 heterocycles. The summed E-state index contributed by atoms with van der Waals surface area (Å²) in [5, 5.41) is 12.0. The normalized spacial score (nSPS) is 16.3. The summed E-state index contributed by atoms with van der Waals surface area (Å²) in [6.45, 7) is 3.04. The molecule has 38 heavy (non-hydrogen) atoms. The third-order valence-corrected chi connectivity index (χ3v) is 7.93. The predicted molar refractivity (Wildman–Crippen MR) is 148 cm³/mol. The number of benzene rings is 2. The molecule has 0 unspecified atom stereocenters. The van der Waals surface area contributed by atoms with Gasteiger partial charge in [0.25, 0.3) is 5.91 Å². The first kappa shape index (κ1) is 25.9. The molecule has 2 aromatic carbocycles. The smallest absolute Gasteiger partial charge is 0.257 e. The van der Waals surface area contributed by atoms with Crippen LogP contribution >= 0.6 is 0 Å². The van der Waals surface area contributed by atoms with Crippen LogP contribution in [0.2, 0.25) is 0 Å². The average Bonchev–Trinajstić information content (AvgIpc) is 3.51. The monoisotopic (exact) mass is 512 g/mol. The first-order chi connectivity index (χ1) is 18.5. The molecule has 2 amide bonds. The van der Waals surface area contributed by atoms with E-state index in [4.69, 9.17) is 10.2 Å². The van der Waals surface area contributed by atoms with Crippen molar-refractivity contribution in [1.29, 1.82) is 5.26 Å². The van der Waals surface area contributed by atoms with Gasteiger partial charge in [0.1, 0.15) is 0 Å². The van der Waals surface area contributed by atoms with Crippen LogP contribution in [0, 0.1) is 11.3 Å². The lowest BCUT2D eigenvalue weighted by Crippen LogP contribution is -2.32. The zero-order valence-corrected chi connectivity index (χ0v) is 22.2. The number of hydrogen-bond donors (Lipinski definition) is 1. The van der Waals surface area contributed by atoms with Crippen LogP contribution < -0.4 is 5.32 Å². The van der Waals surface area contributed by atoms with Crippen molar-refractivity contribution in [1.82, 2.24) is 19.4 Å². The number of amides is 2. The Labute approximate surface area is 224 Å². The van der Waals surface area contributed by atoms with Crippen LogP contribution in [0.1, 0.15) is 72.9 Å². The third kappa shape index (κ3) is 5.89. The summed E-state index contributed by atoms with van der Waals surface area (Å²) >= 11 is 0. The Bertz CT molecular complexity index is 1330. The van der Waals surface area contributed by atoms with Gasteiger partial charge in [0.2, 0.25) is 11.9 Å². The van der Waals surface area contributed by atoms with Crippen LogP contribution in [0.15, 0.2) is 42.5 Å². The van der Waals surface area contributed by atoms with Crippen LogP contribution in [0.25, 0.3) is 11.0 Å². The Hall–Kier alpha value is -3.70. The largest absolute Gasteiger partial charge is 0.343 e. The highest BCUT2D eigenvalue weighted by Crippen LogP contribution is 2.26. The number of nitrogens with one attached hydrogen (secondary N) is 1. The number of rotatable bonds is 9. The highest BCUT2D eigenvalue weighted by Gasteiger charge is 2.21. The number of hydrogen-bond acceptors (Lipinski definition) is 5. The minimum absolute atomic E-state index is 0.224. The van der Waals surface area contributed by atoms with E-state index in [0.29, 0.717) is 42.6 Å². The molecule has 2 fully saturated rings. The fraction of sp³-hybridized carbons (Fsp3) is 0.467. The summed E-state index contributed by atoms with van der Waals surface area (Å²) in [6, 6.07) is 15.7. The molecule has 0 spiro atoms. The molecule has 0 radical (unpaired) electrons. The maximum atomic E-state index is 13.0. The number of carbonyl (C=O) groups excluding carboxylic acids is 2. The van der Waals surface area contributed by atoms with Gasteiger partial charge in [-0.05, 0) is 74.7 Å². The molecule has 1 aromatic heterocycles. The Balaban J connectivity index is 1.36. The lowest BCUT2D eigenvalue weighted by molar-refractivity contribution is -0.127. The van der Waals surface area contributed by atoms with Gasteiger partial charge in [-0.3, -0.25) is 19.8 Å². The van der Waals surface area contributed by atoms with Crippen LogP contribution in [0.5, 0.6) is 0 Å². The molecule has 1 aliphatic carbocycles. The van der Waals surface area contributed by atoms with E-state index in [1.54, 1.807) is 24.3 Å². The first-order valence-electron chi connectivity index (χ1n) is 13.8. The molecule has 8 nitrogen and oxygen atoms in total. The number of aryl methyl sites for hydroxylation is 1. The standard InChI is InChI=1S/C30H36N6O2/c1-34(25-7-3-2-4-8-25)21-23-12-15-27-26(19-23)32-30(33-29(38)24-13-10-22(20-31)11-14-24)36(27)18-6-17-35-16-5-9-28(35)37/h10-15,19,25H,2-9,16-18,21H2,1H3,(H,32,33,38). The Morgan fingerprint density at radius 1 is 1.11 bits per heavy atom. The van der Waals surface area contributed by atoms with Crippen molar-refractivity contribution in [2.24, 2.45) is 0 Å². The summed E-state index contributed by atoms with van der Waals surface area (Å²) in [7, 11) is 2.21.